The maximum atomic E-state index is 14.2. The lowest BCUT2D eigenvalue weighted by molar-refractivity contribution is -0.116. The minimum Gasteiger partial charge on any atom is -0.352 e. The molecule has 6 aromatic rings. The van der Waals surface area contributed by atoms with Crippen LogP contribution in [0.5, 0.6) is 0 Å². The predicted octanol–water partition coefficient (Wildman–Crippen LogP) is 7.27. The molecule has 6 rings (SSSR count). The molecule has 4 aromatic heterocycles. The Labute approximate surface area is 224 Å². The van der Waals surface area contributed by atoms with Gasteiger partial charge in [-0.1, -0.05) is 26.0 Å². The largest absolute Gasteiger partial charge is 0.352 e. The second-order valence-corrected chi connectivity index (χ2v) is 10.3. The summed E-state index contributed by atoms with van der Waals surface area (Å²) in [6, 6.07) is 15.0. The Morgan fingerprint density at radius 3 is 2.56 bits per heavy atom. The van der Waals surface area contributed by atoms with Gasteiger partial charge in [0.2, 0.25) is 5.91 Å². The standard InChI is InChI=1S/C31H27FN6O/c1-17(2)6-30(39)35-23-10-21(13-33-14-23)19-4-5-27-25(11-19)31(38-37-27)28-12-24-26(15-34-16-29(24)36-28)20-7-18(3)8-22(32)9-20/h4-5,7-17,36H,6H2,1-3H3,(H,35,39)(H,37,38). The Hall–Kier alpha value is -4.85. The Kier molecular flexibility index (Phi) is 6.15. The van der Waals surface area contributed by atoms with Crippen LogP contribution in [-0.2, 0) is 4.79 Å². The van der Waals surface area contributed by atoms with Crippen molar-refractivity contribution in [1.82, 2.24) is 25.1 Å². The van der Waals surface area contributed by atoms with E-state index >= 15 is 0 Å². The topological polar surface area (TPSA) is 99.3 Å². The van der Waals surface area contributed by atoms with Crippen LogP contribution >= 0.6 is 0 Å². The quantitative estimate of drug-likeness (QED) is 0.216. The first kappa shape index (κ1) is 24.5. The maximum Gasteiger partial charge on any atom is 0.224 e. The zero-order chi connectivity index (χ0) is 27.1. The summed E-state index contributed by atoms with van der Waals surface area (Å²) in [6.07, 6.45) is 7.41. The molecule has 2 aromatic carbocycles. The zero-order valence-corrected chi connectivity index (χ0v) is 21.8. The molecule has 0 atom stereocenters. The predicted molar refractivity (Wildman–Crippen MR) is 153 cm³/mol. The van der Waals surface area contributed by atoms with Gasteiger partial charge < -0.3 is 10.3 Å². The fourth-order valence-electron chi connectivity index (χ4n) is 4.95. The van der Waals surface area contributed by atoms with Crippen LogP contribution in [0.2, 0.25) is 0 Å². The van der Waals surface area contributed by atoms with Crippen molar-refractivity contribution in [3.05, 3.63) is 84.7 Å². The third kappa shape index (κ3) is 4.88. The Morgan fingerprint density at radius 2 is 1.74 bits per heavy atom. The van der Waals surface area contributed by atoms with Gasteiger partial charge in [-0.3, -0.25) is 19.9 Å². The highest BCUT2D eigenvalue weighted by Crippen LogP contribution is 2.35. The number of carbonyl (C=O) groups excluding carboxylic acids is 1. The molecule has 0 saturated carbocycles. The van der Waals surface area contributed by atoms with Gasteiger partial charge in [-0.25, -0.2) is 4.39 Å². The van der Waals surface area contributed by atoms with Crippen molar-refractivity contribution >= 4 is 33.4 Å². The second kappa shape index (κ2) is 9.79. The van der Waals surface area contributed by atoms with Gasteiger partial charge in [0.15, 0.2) is 0 Å². The van der Waals surface area contributed by atoms with Crippen LogP contribution in [0.4, 0.5) is 10.1 Å². The summed E-state index contributed by atoms with van der Waals surface area (Å²) in [6.45, 7) is 5.90. The summed E-state index contributed by atoms with van der Waals surface area (Å²) < 4.78 is 14.2. The first-order valence-electron chi connectivity index (χ1n) is 12.8. The van der Waals surface area contributed by atoms with E-state index in [0.29, 0.717) is 12.1 Å². The van der Waals surface area contributed by atoms with Crippen molar-refractivity contribution in [3.8, 4) is 33.6 Å². The number of anilines is 1. The van der Waals surface area contributed by atoms with E-state index in [4.69, 9.17) is 0 Å². The summed E-state index contributed by atoms with van der Waals surface area (Å²) in [5, 5.41) is 12.5. The molecule has 0 fully saturated rings. The number of halogens is 1. The molecule has 1 amide bonds. The average Bonchev–Trinajstić information content (AvgIpc) is 3.51. The number of nitrogens with one attached hydrogen (secondary N) is 3. The lowest BCUT2D eigenvalue weighted by atomic mass is 10.0. The molecule has 0 aliphatic heterocycles. The Morgan fingerprint density at radius 1 is 0.897 bits per heavy atom. The van der Waals surface area contributed by atoms with Gasteiger partial charge >= 0.3 is 0 Å². The van der Waals surface area contributed by atoms with E-state index < -0.39 is 0 Å². The molecule has 0 aliphatic rings. The van der Waals surface area contributed by atoms with Crippen molar-refractivity contribution in [2.24, 2.45) is 5.92 Å². The first-order chi connectivity index (χ1) is 18.8. The van der Waals surface area contributed by atoms with Gasteiger partial charge in [0.1, 0.15) is 11.5 Å². The summed E-state index contributed by atoms with van der Waals surface area (Å²) in [5.74, 6) is -0.0308. The fraction of sp³-hybridized carbons (Fsp3) is 0.161. The second-order valence-electron chi connectivity index (χ2n) is 10.3. The van der Waals surface area contributed by atoms with E-state index in [1.807, 2.05) is 51.1 Å². The highest BCUT2D eigenvalue weighted by atomic mass is 19.1. The van der Waals surface area contributed by atoms with Gasteiger partial charge in [0.25, 0.3) is 0 Å². The number of hydrogen-bond acceptors (Lipinski definition) is 4. The SMILES string of the molecule is Cc1cc(F)cc(-c2cncc3[nH]c(-c4n[nH]c5ccc(-c6cncc(NC(=O)CC(C)C)c6)cc45)cc23)c1. The number of carbonyl (C=O) groups is 1. The number of aromatic amines is 2. The smallest absolute Gasteiger partial charge is 0.224 e. The lowest BCUT2D eigenvalue weighted by Gasteiger charge is -2.09. The molecular formula is C31H27FN6O. The number of aromatic nitrogens is 5. The summed E-state index contributed by atoms with van der Waals surface area (Å²) in [5.41, 5.74) is 8.28. The summed E-state index contributed by atoms with van der Waals surface area (Å²) >= 11 is 0. The minimum absolute atomic E-state index is 0.0300. The van der Waals surface area contributed by atoms with Gasteiger partial charge in [0, 0.05) is 40.7 Å². The van der Waals surface area contributed by atoms with Gasteiger partial charge in [-0.05, 0) is 65.9 Å². The third-order valence-corrected chi connectivity index (χ3v) is 6.67. The third-order valence-electron chi connectivity index (χ3n) is 6.67. The molecule has 0 unspecified atom stereocenters. The van der Waals surface area contributed by atoms with Crippen molar-refractivity contribution < 1.29 is 9.18 Å². The monoisotopic (exact) mass is 518 g/mol. The lowest BCUT2D eigenvalue weighted by Crippen LogP contribution is -2.13. The fourth-order valence-corrected chi connectivity index (χ4v) is 4.95. The summed E-state index contributed by atoms with van der Waals surface area (Å²) in [4.78, 5) is 24.4. The average molecular weight is 519 g/mol. The number of benzene rings is 2. The molecule has 194 valence electrons. The van der Waals surface area contributed by atoms with Gasteiger partial charge in [0.05, 0.1) is 34.8 Å². The normalized spacial score (nSPS) is 11.5. The van der Waals surface area contributed by atoms with Crippen LogP contribution in [-0.4, -0.2) is 31.1 Å². The first-order valence-corrected chi connectivity index (χ1v) is 12.8. The van der Waals surface area contributed by atoms with Crippen LogP contribution in [0.3, 0.4) is 0 Å². The number of nitrogens with zero attached hydrogens (tertiary/aromatic N) is 3. The maximum absolute atomic E-state index is 14.2. The van der Waals surface area contributed by atoms with Crippen molar-refractivity contribution in [2.75, 3.05) is 5.32 Å². The molecule has 0 radical (unpaired) electrons. The number of hydrogen-bond donors (Lipinski definition) is 3. The van der Waals surface area contributed by atoms with Crippen LogP contribution < -0.4 is 5.32 Å². The van der Waals surface area contributed by atoms with Gasteiger partial charge in [-0.15, -0.1) is 0 Å². The van der Waals surface area contributed by atoms with E-state index in [9.17, 15) is 9.18 Å². The molecule has 3 N–H and O–H groups in total. The van der Waals surface area contributed by atoms with Crippen LogP contribution in [0.15, 0.2) is 73.3 Å². The van der Waals surface area contributed by atoms with E-state index in [-0.39, 0.29) is 17.6 Å². The number of H-pyrrole nitrogens is 2. The molecule has 0 saturated heterocycles. The van der Waals surface area contributed by atoms with Crippen LogP contribution in [0.1, 0.15) is 25.8 Å². The molecular weight excluding hydrogens is 491 g/mol. The zero-order valence-electron chi connectivity index (χ0n) is 21.8. The minimum atomic E-state index is -0.276. The van der Waals surface area contributed by atoms with E-state index in [2.05, 4.69) is 36.5 Å². The Balaban J connectivity index is 1.39. The highest BCUT2D eigenvalue weighted by Gasteiger charge is 2.16. The molecule has 0 aliphatic carbocycles. The highest BCUT2D eigenvalue weighted by molar-refractivity contribution is 6.01. The van der Waals surface area contributed by atoms with Crippen LogP contribution in [0.25, 0.3) is 55.4 Å². The van der Waals surface area contributed by atoms with E-state index in [1.54, 1.807) is 24.8 Å². The summed E-state index contributed by atoms with van der Waals surface area (Å²) in [7, 11) is 0. The van der Waals surface area contributed by atoms with E-state index in [0.717, 1.165) is 61.0 Å². The van der Waals surface area contributed by atoms with Crippen molar-refractivity contribution in [2.45, 2.75) is 27.2 Å². The molecule has 8 heteroatoms. The Bertz CT molecular complexity index is 1830. The molecule has 0 bridgehead atoms. The van der Waals surface area contributed by atoms with Gasteiger partial charge in [-0.2, -0.15) is 5.10 Å². The van der Waals surface area contributed by atoms with E-state index in [1.165, 1.54) is 12.1 Å². The number of amides is 1. The number of fused-ring (bicyclic) bond motifs is 2. The molecule has 4 heterocycles. The molecule has 0 spiro atoms. The molecule has 7 nitrogen and oxygen atoms in total. The number of rotatable bonds is 6. The number of aryl methyl sites for hydroxylation is 1. The van der Waals surface area contributed by atoms with Crippen molar-refractivity contribution in [1.29, 1.82) is 0 Å². The molecule has 39 heavy (non-hydrogen) atoms. The van der Waals surface area contributed by atoms with Crippen molar-refractivity contribution in [3.63, 3.8) is 0 Å². The number of pyridine rings is 2. The van der Waals surface area contributed by atoms with Crippen LogP contribution in [0, 0.1) is 18.7 Å².